The Morgan fingerprint density at radius 3 is 2.48 bits per heavy atom. The highest BCUT2D eigenvalue weighted by molar-refractivity contribution is 5.91. The first-order chi connectivity index (χ1) is 13.0. The van der Waals surface area contributed by atoms with Gasteiger partial charge in [0.05, 0.1) is 12.9 Å². The molecule has 0 aliphatic carbocycles. The number of primary amides is 1. The number of H-pyrrole nitrogens is 1. The molecule has 0 aliphatic rings. The summed E-state index contributed by atoms with van der Waals surface area (Å²) < 4.78 is 4.86. The van der Waals surface area contributed by atoms with Gasteiger partial charge in [-0.05, 0) is 12.5 Å². The number of ether oxygens (including phenoxy) is 1. The molecular weight excluding hydrogens is 350 g/mol. The summed E-state index contributed by atoms with van der Waals surface area (Å²) in [4.78, 5) is 43.0. The minimum Gasteiger partial charge on any atom is -0.450 e. The van der Waals surface area contributed by atoms with Gasteiger partial charge in [-0.25, -0.2) is 9.78 Å². The fourth-order valence-electron chi connectivity index (χ4n) is 2.49. The number of carbonyl (C=O) groups is 3. The Balaban J connectivity index is 2.10. The van der Waals surface area contributed by atoms with Gasteiger partial charge in [-0.15, -0.1) is 0 Å². The number of amides is 3. The highest BCUT2D eigenvalue weighted by Crippen LogP contribution is 2.05. The fourth-order valence-corrected chi connectivity index (χ4v) is 2.49. The van der Waals surface area contributed by atoms with Gasteiger partial charge in [-0.1, -0.05) is 30.3 Å². The van der Waals surface area contributed by atoms with E-state index in [4.69, 9.17) is 10.5 Å². The van der Waals surface area contributed by atoms with Crippen LogP contribution in [0, 0.1) is 0 Å². The molecule has 2 aromatic rings. The summed E-state index contributed by atoms with van der Waals surface area (Å²) in [6, 6.07) is 7.32. The number of nitrogens with zero attached hydrogens (tertiary/aromatic N) is 1. The van der Waals surface area contributed by atoms with E-state index in [9.17, 15) is 14.4 Å². The lowest BCUT2D eigenvalue weighted by atomic mass is 10.0. The predicted octanol–water partition coefficient (Wildman–Crippen LogP) is 0.280. The summed E-state index contributed by atoms with van der Waals surface area (Å²) >= 11 is 0. The molecule has 0 radical (unpaired) electrons. The molecule has 0 aliphatic heterocycles. The third kappa shape index (κ3) is 6.46. The normalized spacial score (nSPS) is 12.6. The van der Waals surface area contributed by atoms with Gasteiger partial charge in [0.15, 0.2) is 0 Å². The lowest BCUT2D eigenvalue weighted by molar-refractivity contribution is -0.128. The van der Waals surface area contributed by atoms with Crippen molar-refractivity contribution in [2.45, 2.75) is 31.8 Å². The van der Waals surface area contributed by atoms with Gasteiger partial charge < -0.3 is 26.1 Å². The van der Waals surface area contributed by atoms with Crippen molar-refractivity contribution in [3.05, 3.63) is 54.1 Å². The number of hydrogen-bond donors (Lipinski definition) is 4. The third-order valence-electron chi connectivity index (χ3n) is 3.81. The molecule has 3 amide bonds. The fraction of sp³-hybridized carbons (Fsp3) is 0.333. The first-order valence-corrected chi connectivity index (χ1v) is 8.53. The SMILES string of the molecule is CCOC(=O)N[C@@H](Cc1ccccc1)C(=O)N[C@@H](Cc1cnc[nH]1)C(N)=O. The lowest BCUT2D eigenvalue weighted by Gasteiger charge is -2.21. The van der Waals surface area contributed by atoms with Crippen LogP contribution in [0.3, 0.4) is 0 Å². The maximum atomic E-state index is 12.7. The van der Waals surface area contributed by atoms with Gasteiger partial charge in [-0.3, -0.25) is 9.59 Å². The number of benzene rings is 1. The molecule has 1 heterocycles. The monoisotopic (exact) mass is 373 g/mol. The van der Waals surface area contributed by atoms with Crippen LogP contribution in [0.1, 0.15) is 18.2 Å². The summed E-state index contributed by atoms with van der Waals surface area (Å²) in [6.07, 6.45) is 2.70. The Labute approximate surface area is 156 Å². The third-order valence-corrected chi connectivity index (χ3v) is 3.81. The Kier molecular flexibility index (Phi) is 7.36. The van der Waals surface area contributed by atoms with E-state index < -0.39 is 30.0 Å². The van der Waals surface area contributed by atoms with E-state index in [1.807, 2.05) is 30.3 Å². The van der Waals surface area contributed by atoms with Crippen LogP contribution in [-0.4, -0.2) is 46.6 Å². The Hall–Kier alpha value is -3.36. The van der Waals surface area contributed by atoms with Crippen molar-refractivity contribution in [3.63, 3.8) is 0 Å². The second-order valence-electron chi connectivity index (χ2n) is 5.85. The first kappa shape index (κ1) is 20.0. The molecule has 0 spiro atoms. The van der Waals surface area contributed by atoms with Crippen LogP contribution in [0.25, 0.3) is 0 Å². The average Bonchev–Trinajstić information content (AvgIpc) is 3.14. The van der Waals surface area contributed by atoms with Crippen molar-refractivity contribution in [1.82, 2.24) is 20.6 Å². The van der Waals surface area contributed by atoms with E-state index in [1.54, 1.807) is 13.1 Å². The topological polar surface area (TPSA) is 139 Å². The number of rotatable bonds is 9. The molecule has 9 heteroatoms. The Morgan fingerprint density at radius 2 is 1.89 bits per heavy atom. The minimum atomic E-state index is -0.944. The van der Waals surface area contributed by atoms with Crippen molar-refractivity contribution in [3.8, 4) is 0 Å². The van der Waals surface area contributed by atoms with Gasteiger partial charge in [0.1, 0.15) is 12.1 Å². The Bertz CT molecular complexity index is 748. The summed E-state index contributed by atoms with van der Waals surface area (Å²) in [5, 5.41) is 5.11. The molecule has 5 N–H and O–H groups in total. The van der Waals surface area contributed by atoms with Crippen molar-refractivity contribution >= 4 is 17.9 Å². The van der Waals surface area contributed by atoms with Gasteiger partial charge in [0, 0.05) is 24.7 Å². The summed E-state index contributed by atoms with van der Waals surface area (Å²) in [7, 11) is 0. The second kappa shape index (κ2) is 9.95. The molecule has 2 rings (SSSR count). The smallest absolute Gasteiger partial charge is 0.407 e. The van der Waals surface area contributed by atoms with Crippen molar-refractivity contribution in [2.24, 2.45) is 5.73 Å². The minimum absolute atomic E-state index is 0.165. The van der Waals surface area contributed by atoms with Crippen molar-refractivity contribution < 1.29 is 19.1 Å². The van der Waals surface area contributed by atoms with Gasteiger partial charge >= 0.3 is 6.09 Å². The summed E-state index contributed by atoms with van der Waals surface area (Å²) in [6.45, 7) is 1.84. The molecule has 0 saturated carbocycles. The Morgan fingerprint density at radius 1 is 1.15 bits per heavy atom. The van der Waals surface area contributed by atoms with E-state index in [0.717, 1.165) is 5.56 Å². The zero-order chi connectivity index (χ0) is 19.6. The van der Waals surface area contributed by atoms with Gasteiger partial charge in [0.2, 0.25) is 11.8 Å². The standard InChI is InChI=1S/C18H23N5O4/c1-2-27-18(26)23-15(8-12-6-4-3-5-7-12)17(25)22-14(16(19)24)9-13-10-20-11-21-13/h3-7,10-11,14-15H,2,8-9H2,1H3,(H2,19,24)(H,20,21)(H,22,25)(H,23,26)/t14-,15-/m0/s1. The molecule has 0 unspecified atom stereocenters. The van der Waals surface area contributed by atoms with Crippen LogP contribution in [0.5, 0.6) is 0 Å². The molecule has 1 aromatic carbocycles. The van der Waals surface area contributed by atoms with Crippen LogP contribution in [-0.2, 0) is 27.2 Å². The first-order valence-electron chi connectivity index (χ1n) is 8.53. The van der Waals surface area contributed by atoms with Gasteiger partial charge in [0.25, 0.3) is 0 Å². The van der Waals surface area contributed by atoms with E-state index in [1.165, 1.54) is 6.33 Å². The molecule has 144 valence electrons. The number of carbonyl (C=O) groups excluding carboxylic acids is 3. The molecule has 27 heavy (non-hydrogen) atoms. The highest BCUT2D eigenvalue weighted by atomic mass is 16.5. The number of hydrogen-bond acceptors (Lipinski definition) is 5. The van der Waals surface area contributed by atoms with Crippen molar-refractivity contribution in [1.29, 1.82) is 0 Å². The van der Waals surface area contributed by atoms with Gasteiger partial charge in [-0.2, -0.15) is 0 Å². The zero-order valence-electron chi connectivity index (χ0n) is 15.0. The molecule has 0 bridgehead atoms. The van der Waals surface area contributed by atoms with Crippen LogP contribution in [0.15, 0.2) is 42.9 Å². The van der Waals surface area contributed by atoms with Crippen LogP contribution in [0.4, 0.5) is 4.79 Å². The predicted molar refractivity (Wildman–Crippen MR) is 97.5 cm³/mol. The summed E-state index contributed by atoms with van der Waals surface area (Å²) in [5.74, 6) is -1.22. The number of aromatic nitrogens is 2. The molecular formula is C18H23N5O4. The summed E-state index contributed by atoms with van der Waals surface area (Å²) in [5.41, 5.74) is 6.90. The van der Waals surface area contributed by atoms with Crippen LogP contribution < -0.4 is 16.4 Å². The van der Waals surface area contributed by atoms with Crippen LogP contribution in [0.2, 0.25) is 0 Å². The van der Waals surface area contributed by atoms with E-state index in [2.05, 4.69) is 20.6 Å². The maximum absolute atomic E-state index is 12.7. The second-order valence-corrected chi connectivity index (χ2v) is 5.85. The molecule has 2 atom stereocenters. The number of imidazole rings is 1. The van der Waals surface area contributed by atoms with E-state index in [0.29, 0.717) is 5.69 Å². The number of nitrogens with one attached hydrogen (secondary N) is 3. The number of nitrogens with two attached hydrogens (primary N) is 1. The molecule has 0 fully saturated rings. The zero-order valence-corrected chi connectivity index (χ0v) is 15.0. The van der Waals surface area contributed by atoms with E-state index >= 15 is 0 Å². The molecule has 1 aromatic heterocycles. The largest absolute Gasteiger partial charge is 0.450 e. The maximum Gasteiger partial charge on any atom is 0.407 e. The molecule has 0 saturated heterocycles. The average molecular weight is 373 g/mol. The van der Waals surface area contributed by atoms with Crippen LogP contribution >= 0.6 is 0 Å². The highest BCUT2D eigenvalue weighted by Gasteiger charge is 2.26. The number of alkyl carbamates (subject to hydrolysis) is 1. The quantitative estimate of drug-likeness (QED) is 0.500. The van der Waals surface area contributed by atoms with Crippen molar-refractivity contribution in [2.75, 3.05) is 6.61 Å². The lowest BCUT2D eigenvalue weighted by Crippen LogP contribution is -2.54. The number of aromatic amines is 1. The molecule has 9 nitrogen and oxygen atoms in total. The van der Waals surface area contributed by atoms with E-state index in [-0.39, 0.29) is 19.4 Å².